The van der Waals surface area contributed by atoms with Crippen LogP contribution in [0.3, 0.4) is 0 Å². The van der Waals surface area contributed by atoms with Crippen molar-refractivity contribution in [3.05, 3.63) is 70.6 Å². The van der Waals surface area contributed by atoms with Crippen molar-refractivity contribution in [2.45, 2.75) is 19.1 Å². The molecule has 0 bridgehead atoms. The molecule has 9 heteroatoms. The van der Waals surface area contributed by atoms with Crippen molar-refractivity contribution in [3.8, 4) is 10.6 Å². The predicted octanol–water partition coefficient (Wildman–Crippen LogP) is 4.20. The zero-order valence-electron chi connectivity index (χ0n) is 18.2. The van der Waals surface area contributed by atoms with Gasteiger partial charge in [0.15, 0.2) is 0 Å². The van der Waals surface area contributed by atoms with Gasteiger partial charge in [-0.05, 0) is 36.4 Å². The molecule has 5 rings (SSSR count). The summed E-state index contributed by atoms with van der Waals surface area (Å²) in [6, 6.07) is 13.8. The Morgan fingerprint density at radius 1 is 1.24 bits per heavy atom. The molecule has 0 radical (unpaired) electrons. The highest BCUT2D eigenvalue weighted by Gasteiger charge is 2.33. The highest BCUT2D eigenvalue weighted by atomic mass is 35.5. The lowest BCUT2D eigenvalue weighted by Gasteiger charge is -2.40. The molecule has 7 nitrogen and oxygen atoms in total. The van der Waals surface area contributed by atoms with Gasteiger partial charge < -0.3 is 14.6 Å². The molecule has 4 aromatic rings. The molecule has 1 unspecified atom stereocenters. The van der Waals surface area contributed by atoms with Crippen molar-refractivity contribution in [2.75, 3.05) is 26.8 Å². The van der Waals surface area contributed by atoms with Gasteiger partial charge in [-0.1, -0.05) is 17.7 Å². The van der Waals surface area contributed by atoms with Gasteiger partial charge in [-0.25, -0.2) is 0 Å². The molecule has 170 valence electrons. The zero-order chi connectivity index (χ0) is 22.8. The molecule has 1 aliphatic rings. The maximum absolute atomic E-state index is 13.2. The van der Waals surface area contributed by atoms with Gasteiger partial charge in [-0.2, -0.15) is 0 Å². The van der Waals surface area contributed by atoms with E-state index in [1.807, 2.05) is 47.5 Å². The first-order valence-electron chi connectivity index (χ1n) is 10.7. The zero-order valence-corrected chi connectivity index (χ0v) is 19.8. The number of piperazine rings is 1. The maximum atomic E-state index is 13.2. The molecule has 1 saturated heterocycles. The Balaban J connectivity index is 1.30. The van der Waals surface area contributed by atoms with E-state index in [-0.39, 0.29) is 11.9 Å². The summed E-state index contributed by atoms with van der Waals surface area (Å²) in [5.41, 5.74) is 3.84. The minimum absolute atomic E-state index is 0.0416. The fourth-order valence-electron chi connectivity index (χ4n) is 4.31. The quantitative estimate of drug-likeness (QED) is 0.428. The molecule has 1 atom stereocenters. The second-order valence-electron chi connectivity index (χ2n) is 8.18. The highest BCUT2D eigenvalue weighted by molar-refractivity contribution is 7.19. The van der Waals surface area contributed by atoms with E-state index in [9.17, 15) is 4.79 Å². The van der Waals surface area contributed by atoms with Crippen LogP contribution in [0.5, 0.6) is 0 Å². The Kier molecular flexibility index (Phi) is 6.41. The number of hydrogen-bond donors (Lipinski definition) is 1. The molecule has 1 N–H and O–H groups in total. The summed E-state index contributed by atoms with van der Waals surface area (Å²) in [4.78, 5) is 30.6. The van der Waals surface area contributed by atoms with Crippen LogP contribution in [-0.2, 0) is 22.6 Å². The number of aromatic amines is 1. The molecule has 0 aromatic carbocycles. The molecule has 33 heavy (non-hydrogen) atoms. The molecule has 0 aliphatic carbocycles. The second-order valence-corrected chi connectivity index (χ2v) is 9.89. The number of carbonyl (C=O) groups is 1. The minimum atomic E-state index is -0.0416. The first-order valence-corrected chi connectivity index (χ1v) is 11.9. The number of halogens is 1. The van der Waals surface area contributed by atoms with Crippen LogP contribution in [0.1, 0.15) is 11.4 Å². The van der Waals surface area contributed by atoms with Crippen LogP contribution in [0.2, 0.25) is 4.34 Å². The number of H-pyrrole nitrogens is 1. The molecule has 5 heterocycles. The fourth-order valence-corrected chi connectivity index (χ4v) is 5.32. The summed E-state index contributed by atoms with van der Waals surface area (Å²) in [6.07, 6.45) is 3.59. The highest BCUT2D eigenvalue weighted by Crippen LogP contribution is 2.30. The molecule has 1 aliphatic heterocycles. The van der Waals surface area contributed by atoms with Crippen LogP contribution in [0, 0.1) is 0 Å². The first-order chi connectivity index (χ1) is 16.1. The normalized spacial score (nSPS) is 17.2. The van der Waals surface area contributed by atoms with E-state index >= 15 is 0 Å². The number of rotatable bonds is 7. The lowest BCUT2D eigenvalue weighted by Crippen LogP contribution is -2.57. The van der Waals surface area contributed by atoms with Gasteiger partial charge in [0.2, 0.25) is 5.91 Å². The van der Waals surface area contributed by atoms with Gasteiger partial charge in [0.05, 0.1) is 46.3 Å². The number of aromatic nitrogens is 3. The fraction of sp³-hybridized carbons (Fsp3) is 0.292. The minimum Gasteiger partial charge on any atom is -0.382 e. The lowest BCUT2D eigenvalue weighted by molar-refractivity contribution is -0.143. The standard InChI is InChI=1S/C24H24ClN5O2S/c1-32-15-19-13-29(11-17-3-2-4-21(27-17)22-5-6-23(25)33-22)14-24(31)30(19)12-18-9-16-10-26-8-7-20(16)28-18/h2-10,19,28H,11-15H2,1H3. The van der Waals surface area contributed by atoms with Crippen LogP contribution in [0.25, 0.3) is 21.5 Å². The van der Waals surface area contributed by atoms with Crippen LogP contribution in [-0.4, -0.2) is 63.5 Å². The molecule has 1 fully saturated rings. The summed E-state index contributed by atoms with van der Waals surface area (Å²) >= 11 is 7.60. The maximum Gasteiger partial charge on any atom is 0.237 e. The predicted molar refractivity (Wildman–Crippen MR) is 130 cm³/mol. The second kappa shape index (κ2) is 9.61. The van der Waals surface area contributed by atoms with Crippen molar-refractivity contribution in [1.29, 1.82) is 0 Å². The number of hydrogen-bond acceptors (Lipinski definition) is 6. The lowest BCUT2D eigenvalue weighted by atomic mass is 10.1. The van der Waals surface area contributed by atoms with Gasteiger partial charge in [0, 0.05) is 49.2 Å². The Morgan fingerprint density at radius 2 is 2.15 bits per heavy atom. The van der Waals surface area contributed by atoms with E-state index in [0.29, 0.717) is 26.2 Å². The van der Waals surface area contributed by atoms with Crippen molar-refractivity contribution in [2.24, 2.45) is 0 Å². The third-order valence-electron chi connectivity index (χ3n) is 5.78. The molecule has 1 amide bonds. The van der Waals surface area contributed by atoms with Crippen molar-refractivity contribution >= 4 is 39.7 Å². The van der Waals surface area contributed by atoms with Crippen molar-refractivity contribution in [1.82, 2.24) is 24.8 Å². The van der Waals surface area contributed by atoms with Crippen LogP contribution in [0.4, 0.5) is 0 Å². The number of amides is 1. The largest absolute Gasteiger partial charge is 0.382 e. The smallest absolute Gasteiger partial charge is 0.237 e. The Hall–Kier alpha value is -2.78. The number of nitrogens with one attached hydrogen (secondary N) is 1. The van der Waals surface area contributed by atoms with Gasteiger partial charge in [0.25, 0.3) is 0 Å². The third-order valence-corrected chi connectivity index (χ3v) is 7.04. The number of thiophene rings is 1. The molecule has 0 spiro atoms. The van der Waals surface area contributed by atoms with Crippen molar-refractivity contribution in [3.63, 3.8) is 0 Å². The van der Waals surface area contributed by atoms with Crippen molar-refractivity contribution < 1.29 is 9.53 Å². The number of methoxy groups -OCH3 is 1. The SMILES string of the molecule is COCC1CN(Cc2cccc(-c3ccc(Cl)s3)n2)CC(=O)N1Cc1cc2cnccc2[nH]1. The Morgan fingerprint density at radius 3 is 2.94 bits per heavy atom. The number of nitrogens with zero attached hydrogens (tertiary/aromatic N) is 4. The summed E-state index contributed by atoms with van der Waals surface area (Å²) in [6.45, 7) is 2.66. The van der Waals surface area contributed by atoms with Gasteiger partial charge in [-0.15, -0.1) is 11.3 Å². The van der Waals surface area contributed by atoms with Crippen LogP contribution in [0.15, 0.2) is 54.9 Å². The van der Waals surface area contributed by atoms with E-state index < -0.39 is 0 Å². The monoisotopic (exact) mass is 481 g/mol. The summed E-state index contributed by atoms with van der Waals surface area (Å²) in [7, 11) is 1.67. The van der Waals surface area contributed by atoms with Crippen LogP contribution >= 0.6 is 22.9 Å². The average molecular weight is 482 g/mol. The van der Waals surface area contributed by atoms with E-state index in [4.69, 9.17) is 21.3 Å². The topological polar surface area (TPSA) is 74.3 Å². The number of pyridine rings is 2. The first kappa shape index (κ1) is 22.0. The van der Waals surface area contributed by atoms with Gasteiger partial charge in [-0.3, -0.25) is 19.7 Å². The third kappa shape index (κ3) is 4.94. The summed E-state index contributed by atoms with van der Waals surface area (Å²) < 4.78 is 6.21. The molecule has 0 saturated carbocycles. The summed E-state index contributed by atoms with van der Waals surface area (Å²) in [5, 5.41) is 1.04. The summed E-state index contributed by atoms with van der Waals surface area (Å²) in [5.74, 6) is 0.0845. The van der Waals surface area contributed by atoms with Crippen LogP contribution < -0.4 is 0 Å². The number of fused-ring (bicyclic) bond motifs is 1. The Bertz CT molecular complexity index is 1240. The van der Waals surface area contributed by atoms with E-state index in [0.717, 1.165) is 43.7 Å². The molecule has 4 aromatic heterocycles. The molecular weight excluding hydrogens is 458 g/mol. The Labute approximate surface area is 201 Å². The molecular formula is C24H24ClN5O2S. The number of ether oxygens (including phenoxy) is 1. The van der Waals surface area contributed by atoms with E-state index in [1.165, 1.54) is 11.3 Å². The average Bonchev–Trinajstić information content (AvgIpc) is 3.42. The van der Waals surface area contributed by atoms with E-state index in [1.54, 1.807) is 13.3 Å². The van der Waals surface area contributed by atoms with Gasteiger partial charge in [0.1, 0.15) is 0 Å². The number of carbonyl (C=O) groups excluding carboxylic acids is 1. The van der Waals surface area contributed by atoms with E-state index in [2.05, 4.69) is 20.9 Å². The van der Waals surface area contributed by atoms with Gasteiger partial charge >= 0.3 is 0 Å².